The second-order valence-corrected chi connectivity index (χ2v) is 4.30. The van der Waals surface area contributed by atoms with Gasteiger partial charge in [-0.3, -0.25) is 0 Å². The van der Waals surface area contributed by atoms with Gasteiger partial charge in [0.05, 0.1) is 18.0 Å². The number of nitrogens with zero attached hydrogens (tertiary/aromatic N) is 1. The number of nitrogens with one attached hydrogen (secondary N) is 2. The van der Waals surface area contributed by atoms with Crippen LogP contribution in [0.5, 0.6) is 0 Å². The average Bonchev–Trinajstić information content (AvgIpc) is 2.55. The van der Waals surface area contributed by atoms with Gasteiger partial charge in [0.2, 0.25) is 0 Å². The Balaban J connectivity index is 0.00000106. The molecule has 0 aromatic heterocycles. The summed E-state index contributed by atoms with van der Waals surface area (Å²) in [5.74, 6) is 0. The van der Waals surface area contributed by atoms with E-state index in [1.165, 1.54) is 0 Å². The van der Waals surface area contributed by atoms with E-state index < -0.39 is 0 Å². The maximum atomic E-state index is 5.84. The van der Waals surface area contributed by atoms with Crippen LogP contribution < -0.4 is 21.3 Å². The molecule has 2 aromatic rings. The first kappa shape index (κ1) is 16.9. The van der Waals surface area contributed by atoms with Crippen LogP contribution in [0.4, 0.5) is 22.7 Å². The molecule has 4 N–H and O–H groups in total. The van der Waals surface area contributed by atoms with Crippen molar-refractivity contribution in [2.45, 2.75) is 13.8 Å². The zero-order valence-corrected chi connectivity index (χ0v) is 13.4. The molecule has 21 heavy (non-hydrogen) atoms. The number of nitrogens with two attached hydrogens (primary N) is 1. The zero-order chi connectivity index (χ0) is 15.7. The molecule has 2 rings (SSSR count). The first-order chi connectivity index (χ1) is 10.3. The molecule has 4 heteroatoms. The molecule has 114 valence electrons. The Morgan fingerprint density at radius 2 is 1.67 bits per heavy atom. The van der Waals surface area contributed by atoms with Crippen LogP contribution in [0.25, 0.3) is 0 Å². The fraction of sp³-hybridized carbons (Fsp3) is 0.294. The van der Waals surface area contributed by atoms with Crippen LogP contribution in [0.15, 0.2) is 48.5 Å². The molecule has 0 saturated carbocycles. The van der Waals surface area contributed by atoms with Gasteiger partial charge < -0.3 is 21.3 Å². The molecular formula is C17H26N4. The molecule has 0 saturated heterocycles. The Morgan fingerprint density at radius 3 is 2.24 bits per heavy atom. The first-order valence-corrected chi connectivity index (χ1v) is 7.30. The van der Waals surface area contributed by atoms with Crippen molar-refractivity contribution in [1.82, 2.24) is 5.32 Å². The van der Waals surface area contributed by atoms with E-state index in [-0.39, 0.29) is 0 Å². The topological polar surface area (TPSA) is 53.3 Å². The molecule has 4 nitrogen and oxygen atoms in total. The summed E-state index contributed by atoms with van der Waals surface area (Å²) in [6.45, 7) is 4.72. The SMILES string of the molecule is CC.CNCN(c1ccccc1)c1ccc(N)cc1NC. The minimum absolute atomic E-state index is 0.725. The van der Waals surface area contributed by atoms with Gasteiger partial charge in [-0.2, -0.15) is 0 Å². The molecule has 0 bridgehead atoms. The molecule has 0 atom stereocenters. The van der Waals surface area contributed by atoms with Gasteiger partial charge in [-0.15, -0.1) is 0 Å². The number of benzene rings is 2. The molecule has 0 spiro atoms. The molecule has 0 aliphatic rings. The molecule has 0 aliphatic heterocycles. The normalized spacial score (nSPS) is 9.52. The predicted molar refractivity (Wildman–Crippen MR) is 94.3 cm³/mol. The van der Waals surface area contributed by atoms with Crippen molar-refractivity contribution in [1.29, 1.82) is 0 Å². The molecule has 0 heterocycles. The molecular weight excluding hydrogens is 260 g/mol. The van der Waals surface area contributed by atoms with E-state index in [2.05, 4.69) is 27.7 Å². The Bertz CT molecular complexity index is 526. The van der Waals surface area contributed by atoms with Crippen LogP contribution in [0.2, 0.25) is 0 Å². The molecule has 2 aromatic carbocycles. The van der Waals surface area contributed by atoms with E-state index in [1.54, 1.807) is 0 Å². The van der Waals surface area contributed by atoms with Gasteiger partial charge in [-0.05, 0) is 37.4 Å². The van der Waals surface area contributed by atoms with Gasteiger partial charge >= 0.3 is 0 Å². The molecule has 0 fully saturated rings. The third-order valence-corrected chi connectivity index (χ3v) is 2.96. The standard InChI is InChI=1S/C15H20N4.C2H6/c1-17-11-19(13-6-4-3-5-7-13)15-9-8-12(16)10-14(15)18-2;1-2/h3-10,17-18H,11,16H2,1-2H3;1-2H3. The van der Waals surface area contributed by atoms with E-state index in [4.69, 9.17) is 5.73 Å². The van der Waals surface area contributed by atoms with E-state index in [0.717, 1.165) is 29.4 Å². The van der Waals surface area contributed by atoms with Crippen molar-refractivity contribution in [2.24, 2.45) is 0 Å². The highest BCUT2D eigenvalue weighted by Crippen LogP contribution is 2.32. The Labute approximate surface area is 128 Å². The van der Waals surface area contributed by atoms with Gasteiger partial charge in [0.25, 0.3) is 0 Å². The van der Waals surface area contributed by atoms with Gasteiger partial charge in [0.1, 0.15) is 0 Å². The van der Waals surface area contributed by atoms with Crippen molar-refractivity contribution in [3.8, 4) is 0 Å². The van der Waals surface area contributed by atoms with Crippen LogP contribution in [0.1, 0.15) is 13.8 Å². The lowest BCUT2D eigenvalue weighted by Crippen LogP contribution is -2.28. The summed E-state index contributed by atoms with van der Waals surface area (Å²) in [6, 6.07) is 16.2. The molecule has 0 aliphatic carbocycles. The third kappa shape index (κ3) is 4.39. The Kier molecular flexibility index (Phi) is 7.12. The summed E-state index contributed by atoms with van der Waals surface area (Å²) >= 11 is 0. The van der Waals surface area contributed by atoms with E-state index in [1.807, 2.05) is 64.3 Å². The van der Waals surface area contributed by atoms with Crippen LogP contribution in [-0.4, -0.2) is 20.8 Å². The maximum absolute atomic E-state index is 5.84. The predicted octanol–water partition coefficient (Wildman–Crippen LogP) is 3.65. The number of hydrogen-bond acceptors (Lipinski definition) is 4. The summed E-state index contributed by atoms with van der Waals surface area (Å²) in [4.78, 5) is 2.20. The van der Waals surface area contributed by atoms with Crippen molar-refractivity contribution in [3.63, 3.8) is 0 Å². The molecule has 0 unspecified atom stereocenters. The monoisotopic (exact) mass is 286 g/mol. The van der Waals surface area contributed by atoms with Crippen molar-refractivity contribution in [2.75, 3.05) is 36.7 Å². The number of nitrogen functional groups attached to an aromatic ring is 1. The second-order valence-electron chi connectivity index (χ2n) is 4.30. The second kappa shape index (κ2) is 8.87. The van der Waals surface area contributed by atoms with Gasteiger partial charge in [0, 0.05) is 18.4 Å². The smallest absolute Gasteiger partial charge is 0.0730 e. The van der Waals surface area contributed by atoms with Gasteiger partial charge in [-0.25, -0.2) is 0 Å². The Hall–Kier alpha value is -2.20. The van der Waals surface area contributed by atoms with Crippen molar-refractivity contribution < 1.29 is 0 Å². The highest BCUT2D eigenvalue weighted by Gasteiger charge is 2.12. The quantitative estimate of drug-likeness (QED) is 0.580. The summed E-state index contributed by atoms with van der Waals surface area (Å²) in [5, 5.41) is 6.39. The van der Waals surface area contributed by atoms with Crippen LogP contribution in [-0.2, 0) is 0 Å². The number of anilines is 4. The lowest BCUT2D eigenvalue weighted by atomic mass is 10.2. The fourth-order valence-electron chi connectivity index (χ4n) is 2.07. The van der Waals surface area contributed by atoms with Crippen LogP contribution in [0.3, 0.4) is 0 Å². The number of para-hydroxylation sites is 1. The minimum Gasteiger partial charge on any atom is -0.399 e. The lowest BCUT2D eigenvalue weighted by Gasteiger charge is -2.27. The number of hydrogen-bond donors (Lipinski definition) is 3. The van der Waals surface area contributed by atoms with Crippen molar-refractivity contribution in [3.05, 3.63) is 48.5 Å². The average molecular weight is 286 g/mol. The maximum Gasteiger partial charge on any atom is 0.0730 e. The van der Waals surface area contributed by atoms with E-state index in [0.29, 0.717) is 0 Å². The van der Waals surface area contributed by atoms with E-state index >= 15 is 0 Å². The third-order valence-electron chi connectivity index (χ3n) is 2.96. The summed E-state index contributed by atoms with van der Waals surface area (Å²) in [6.07, 6.45) is 0. The summed E-state index contributed by atoms with van der Waals surface area (Å²) in [5.41, 5.74) is 9.84. The fourth-order valence-corrected chi connectivity index (χ4v) is 2.07. The summed E-state index contributed by atoms with van der Waals surface area (Å²) < 4.78 is 0. The summed E-state index contributed by atoms with van der Waals surface area (Å²) in [7, 11) is 3.84. The van der Waals surface area contributed by atoms with Crippen LogP contribution in [0, 0.1) is 0 Å². The van der Waals surface area contributed by atoms with Gasteiger partial charge in [-0.1, -0.05) is 32.0 Å². The highest BCUT2D eigenvalue weighted by atomic mass is 15.2. The van der Waals surface area contributed by atoms with Crippen LogP contribution >= 0.6 is 0 Å². The Morgan fingerprint density at radius 1 is 1.00 bits per heavy atom. The molecule has 0 radical (unpaired) electrons. The van der Waals surface area contributed by atoms with E-state index in [9.17, 15) is 0 Å². The highest BCUT2D eigenvalue weighted by molar-refractivity contribution is 5.79. The lowest BCUT2D eigenvalue weighted by molar-refractivity contribution is 0.802. The zero-order valence-electron chi connectivity index (χ0n) is 13.4. The number of rotatable bonds is 5. The van der Waals surface area contributed by atoms with Crippen molar-refractivity contribution >= 4 is 22.7 Å². The molecule has 0 amide bonds. The largest absolute Gasteiger partial charge is 0.399 e. The first-order valence-electron chi connectivity index (χ1n) is 7.30. The minimum atomic E-state index is 0.725. The van der Waals surface area contributed by atoms with Gasteiger partial charge in [0.15, 0.2) is 0 Å².